The number of aryl methyl sites for hydroxylation is 4. The molecule has 12 heteroatoms. The van der Waals surface area contributed by atoms with Gasteiger partial charge in [-0.1, -0.05) is 29.3 Å². The quantitative estimate of drug-likeness (QED) is 0.138. The average molecular weight is 672 g/mol. The van der Waals surface area contributed by atoms with E-state index in [4.69, 9.17) is 4.74 Å². The molecule has 0 spiro atoms. The van der Waals surface area contributed by atoms with E-state index in [1.54, 1.807) is 16.8 Å². The van der Waals surface area contributed by atoms with Crippen molar-refractivity contribution in [3.63, 3.8) is 0 Å². The number of H-pyrrole nitrogens is 1. The molecular weight excluding hydrogens is 627 g/mol. The van der Waals surface area contributed by atoms with Gasteiger partial charge < -0.3 is 14.6 Å². The first-order valence-electron chi connectivity index (χ1n) is 16.2. The summed E-state index contributed by atoms with van der Waals surface area (Å²) in [6.45, 7) is 12.7. The van der Waals surface area contributed by atoms with E-state index in [0.717, 1.165) is 64.5 Å². The minimum absolute atomic E-state index is 0.337. The molecule has 0 aliphatic heterocycles. The number of benzene rings is 3. The van der Waals surface area contributed by atoms with Gasteiger partial charge >= 0.3 is 6.09 Å². The number of tetrazole rings is 1. The molecule has 254 valence electrons. The lowest BCUT2D eigenvalue weighted by molar-refractivity contribution is 0.0249. The number of ether oxygens (including phenoxy) is 1. The molecule has 0 fully saturated rings. The van der Waals surface area contributed by atoms with E-state index in [9.17, 15) is 13.2 Å². The molecule has 0 saturated heterocycles. The Morgan fingerprint density at radius 2 is 1.65 bits per heavy atom. The Labute approximate surface area is 282 Å². The molecule has 11 nitrogen and oxygen atoms in total. The van der Waals surface area contributed by atoms with Crippen molar-refractivity contribution in [1.29, 1.82) is 0 Å². The van der Waals surface area contributed by atoms with E-state index >= 15 is 0 Å². The lowest BCUT2D eigenvalue weighted by Gasteiger charge is -2.27. The van der Waals surface area contributed by atoms with Crippen LogP contribution < -0.4 is 4.72 Å². The van der Waals surface area contributed by atoms with Gasteiger partial charge in [-0.25, -0.2) is 13.2 Å². The molecule has 1 amide bonds. The van der Waals surface area contributed by atoms with Crippen molar-refractivity contribution in [3.05, 3.63) is 88.7 Å². The van der Waals surface area contributed by atoms with Crippen molar-refractivity contribution in [2.75, 3.05) is 24.1 Å². The van der Waals surface area contributed by atoms with Gasteiger partial charge in [0.25, 0.3) is 0 Å². The number of amides is 1. The van der Waals surface area contributed by atoms with E-state index in [0.29, 0.717) is 31.0 Å². The normalized spacial score (nSPS) is 12.0. The number of hydrogen-bond acceptors (Lipinski definition) is 7. The van der Waals surface area contributed by atoms with Crippen molar-refractivity contribution in [1.82, 2.24) is 30.1 Å². The van der Waals surface area contributed by atoms with Gasteiger partial charge in [0.15, 0.2) is 5.82 Å². The van der Waals surface area contributed by atoms with Crippen LogP contribution in [0.1, 0.15) is 61.7 Å². The van der Waals surface area contributed by atoms with Gasteiger partial charge in [0.2, 0.25) is 10.0 Å². The second kappa shape index (κ2) is 14.2. The summed E-state index contributed by atoms with van der Waals surface area (Å²) in [4.78, 5) is 19.0. The third kappa shape index (κ3) is 9.00. The second-order valence-electron chi connectivity index (χ2n) is 13.5. The maximum Gasteiger partial charge on any atom is 0.410 e. The number of unbranched alkanes of at least 4 members (excludes halogenated alkanes) is 1. The summed E-state index contributed by atoms with van der Waals surface area (Å²) in [5.41, 5.74) is 8.46. The Bertz CT molecular complexity index is 1990. The van der Waals surface area contributed by atoms with Crippen LogP contribution in [0.25, 0.3) is 27.8 Å². The van der Waals surface area contributed by atoms with Crippen molar-refractivity contribution >= 4 is 32.7 Å². The van der Waals surface area contributed by atoms with Crippen LogP contribution in [0.15, 0.2) is 60.7 Å². The molecule has 2 heterocycles. The summed E-state index contributed by atoms with van der Waals surface area (Å²) in [6.07, 6.45) is 3.84. The second-order valence-corrected chi connectivity index (χ2v) is 15.2. The fourth-order valence-corrected chi connectivity index (χ4v) is 6.48. The monoisotopic (exact) mass is 671 g/mol. The predicted octanol–water partition coefficient (Wildman–Crippen LogP) is 6.91. The number of carbonyl (C=O) groups is 1. The molecule has 0 atom stereocenters. The van der Waals surface area contributed by atoms with E-state index in [-0.39, 0.29) is 6.09 Å². The smallest absolute Gasteiger partial charge is 0.410 e. The number of carbonyl (C=O) groups excluding carboxylic acids is 1. The summed E-state index contributed by atoms with van der Waals surface area (Å²) in [7, 11) is -3.32. The minimum Gasteiger partial charge on any atom is -0.444 e. The zero-order valence-corrected chi connectivity index (χ0v) is 29.6. The van der Waals surface area contributed by atoms with Crippen molar-refractivity contribution in [2.45, 2.75) is 72.8 Å². The molecule has 5 aromatic rings. The average Bonchev–Trinajstić information content (AvgIpc) is 3.58. The van der Waals surface area contributed by atoms with Gasteiger partial charge in [-0.3, -0.25) is 4.72 Å². The van der Waals surface area contributed by atoms with Crippen LogP contribution in [0, 0.1) is 20.8 Å². The number of nitrogens with zero attached hydrogens (tertiary/aromatic N) is 5. The minimum atomic E-state index is -3.32. The summed E-state index contributed by atoms with van der Waals surface area (Å²) in [5.74, 6) is 0.693. The first-order chi connectivity index (χ1) is 22.6. The summed E-state index contributed by atoms with van der Waals surface area (Å²) >= 11 is 0. The van der Waals surface area contributed by atoms with Crippen LogP contribution in [0.3, 0.4) is 0 Å². The number of rotatable bonds is 12. The summed E-state index contributed by atoms with van der Waals surface area (Å²) in [6, 6.07) is 20.1. The molecule has 48 heavy (non-hydrogen) atoms. The SMILES string of the molecule is Cc1cc(C)cc(-c2[nH]c3ccc(-n4nnnc4C)cc3c2CCN(CCCCc2ccc(NS(C)(=O)=O)cc2)C(=O)OC(C)(C)C)c1. The van der Waals surface area contributed by atoms with Crippen LogP contribution in [0.5, 0.6) is 0 Å². The van der Waals surface area contributed by atoms with Gasteiger partial charge in [-0.05, 0) is 137 Å². The number of nitrogens with one attached hydrogen (secondary N) is 2. The number of aromatic amines is 1. The largest absolute Gasteiger partial charge is 0.444 e. The first kappa shape index (κ1) is 34.6. The highest BCUT2D eigenvalue weighted by Gasteiger charge is 2.23. The van der Waals surface area contributed by atoms with Crippen molar-refractivity contribution in [2.24, 2.45) is 0 Å². The Morgan fingerprint density at radius 3 is 2.27 bits per heavy atom. The van der Waals surface area contributed by atoms with Gasteiger partial charge in [-0.15, -0.1) is 5.10 Å². The molecular formula is C36H45N7O4S. The molecule has 5 rings (SSSR count). The number of fused-ring (bicyclic) bond motifs is 1. The molecule has 3 aromatic carbocycles. The van der Waals surface area contributed by atoms with Crippen LogP contribution >= 0.6 is 0 Å². The summed E-state index contributed by atoms with van der Waals surface area (Å²) < 4.78 is 33.1. The molecule has 0 aliphatic carbocycles. The molecule has 2 aromatic heterocycles. The van der Waals surface area contributed by atoms with Crippen LogP contribution in [-0.4, -0.2) is 69.5 Å². The number of aromatic nitrogens is 5. The Morgan fingerprint density at radius 1 is 0.938 bits per heavy atom. The third-order valence-electron chi connectivity index (χ3n) is 7.95. The zero-order chi connectivity index (χ0) is 34.6. The maximum absolute atomic E-state index is 13.5. The Kier molecular flexibility index (Phi) is 10.2. The molecule has 2 N–H and O–H groups in total. The molecule has 0 aliphatic rings. The molecule has 0 unspecified atom stereocenters. The van der Waals surface area contributed by atoms with Gasteiger partial charge in [0.05, 0.1) is 11.9 Å². The predicted molar refractivity (Wildman–Crippen MR) is 190 cm³/mol. The Balaban J connectivity index is 1.39. The van der Waals surface area contributed by atoms with Gasteiger partial charge in [0, 0.05) is 35.4 Å². The molecule has 0 saturated carbocycles. The van der Waals surface area contributed by atoms with E-state index in [2.05, 4.69) is 69.4 Å². The van der Waals surface area contributed by atoms with Crippen LogP contribution in [-0.2, 0) is 27.6 Å². The topological polar surface area (TPSA) is 135 Å². The third-order valence-corrected chi connectivity index (χ3v) is 8.56. The van der Waals surface area contributed by atoms with Crippen LogP contribution in [0.2, 0.25) is 0 Å². The number of hydrogen-bond donors (Lipinski definition) is 2. The van der Waals surface area contributed by atoms with Gasteiger partial charge in [-0.2, -0.15) is 4.68 Å². The summed E-state index contributed by atoms with van der Waals surface area (Å²) in [5, 5.41) is 13.1. The lowest BCUT2D eigenvalue weighted by Crippen LogP contribution is -2.38. The standard InChI is InChI=1S/C36H45N7O4S/c1-24-20-25(2)22-28(21-24)34-31(32-23-30(15-16-33(32)37-34)43-26(3)38-40-41-43)17-19-42(35(44)47-36(4,5)6)18-9-8-10-27-11-13-29(14-12-27)39-48(7,45)46/h11-16,20-23,37,39H,8-10,17-19H2,1-7H3. The fraction of sp³-hybridized carbons (Fsp3) is 0.389. The zero-order valence-electron chi connectivity index (χ0n) is 28.8. The van der Waals surface area contributed by atoms with E-state index in [1.165, 1.54) is 11.1 Å². The highest BCUT2D eigenvalue weighted by Crippen LogP contribution is 2.33. The fourth-order valence-electron chi connectivity index (χ4n) is 5.92. The van der Waals surface area contributed by atoms with E-state index < -0.39 is 15.6 Å². The van der Waals surface area contributed by atoms with Crippen molar-refractivity contribution in [3.8, 4) is 16.9 Å². The van der Waals surface area contributed by atoms with Gasteiger partial charge in [0.1, 0.15) is 5.60 Å². The molecule has 0 radical (unpaired) electrons. The first-order valence-corrected chi connectivity index (χ1v) is 18.1. The highest BCUT2D eigenvalue weighted by atomic mass is 32.2. The number of anilines is 1. The van der Waals surface area contributed by atoms with Crippen molar-refractivity contribution < 1.29 is 17.9 Å². The number of sulfonamides is 1. The highest BCUT2D eigenvalue weighted by molar-refractivity contribution is 7.92. The van der Waals surface area contributed by atoms with Crippen LogP contribution in [0.4, 0.5) is 10.5 Å². The maximum atomic E-state index is 13.5. The lowest BCUT2D eigenvalue weighted by atomic mass is 9.99. The Hall–Kier alpha value is -4.71. The van der Waals surface area contributed by atoms with E-state index in [1.807, 2.05) is 50.8 Å². The molecule has 0 bridgehead atoms.